The van der Waals surface area contributed by atoms with Crippen molar-refractivity contribution in [2.24, 2.45) is 0 Å². The number of para-hydroxylation sites is 1. The number of hydrogen-bond acceptors (Lipinski definition) is 3. The van der Waals surface area contributed by atoms with E-state index in [9.17, 15) is 0 Å². The van der Waals surface area contributed by atoms with Crippen molar-refractivity contribution in [2.45, 2.75) is 25.8 Å². The van der Waals surface area contributed by atoms with Crippen LogP contribution >= 0.6 is 0 Å². The second kappa shape index (κ2) is 6.72. The molecule has 0 spiro atoms. The summed E-state index contributed by atoms with van der Waals surface area (Å²) < 4.78 is 0. The minimum absolute atomic E-state index is 0.365. The van der Waals surface area contributed by atoms with Crippen LogP contribution in [0.2, 0.25) is 0 Å². The van der Waals surface area contributed by atoms with Crippen molar-refractivity contribution < 1.29 is 0 Å². The van der Waals surface area contributed by atoms with E-state index in [1.54, 1.807) is 0 Å². The highest BCUT2D eigenvalue weighted by Gasteiger charge is 2.17. The smallest absolute Gasteiger partial charge is 0.0399 e. The van der Waals surface area contributed by atoms with E-state index in [2.05, 4.69) is 52.5 Å². The van der Waals surface area contributed by atoms with Crippen molar-refractivity contribution in [2.75, 3.05) is 24.5 Å². The lowest BCUT2D eigenvalue weighted by Crippen LogP contribution is -2.27. The Morgan fingerprint density at radius 2 is 2.14 bits per heavy atom. The molecule has 0 saturated carbocycles. The van der Waals surface area contributed by atoms with Gasteiger partial charge in [0.2, 0.25) is 0 Å². The molecule has 0 radical (unpaired) electrons. The highest BCUT2D eigenvalue weighted by molar-refractivity contribution is 5.57. The first kappa shape index (κ1) is 14.1. The second-order valence-electron chi connectivity index (χ2n) is 5.68. The number of anilines is 1. The number of pyridine rings is 1. The van der Waals surface area contributed by atoms with Crippen LogP contribution in [0.5, 0.6) is 0 Å². The first-order chi connectivity index (χ1) is 10.3. The molecule has 3 rings (SSSR count). The zero-order valence-electron chi connectivity index (χ0n) is 12.6. The number of rotatable bonds is 6. The van der Waals surface area contributed by atoms with Crippen LogP contribution in [-0.2, 0) is 6.42 Å². The van der Waals surface area contributed by atoms with Crippen LogP contribution in [0, 0.1) is 0 Å². The van der Waals surface area contributed by atoms with E-state index in [-0.39, 0.29) is 0 Å². The van der Waals surface area contributed by atoms with Crippen molar-refractivity contribution in [3.8, 4) is 0 Å². The first-order valence-corrected chi connectivity index (χ1v) is 7.81. The third-order valence-electron chi connectivity index (χ3n) is 4.22. The van der Waals surface area contributed by atoms with Crippen molar-refractivity contribution >= 4 is 5.69 Å². The summed E-state index contributed by atoms with van der Waals surface area (Å²) in [5, 5.41) is 3.58. The van der Waals surface area contributed by atoms with Crippen LogP contribution in [-0.4, -0.2) is 24.6 Å². The number of nitrogens with one attached hydrogen (secondary N) is 1. The normalized spacial score (nSPS) is 15.0. The topological polar surface area (TPSA) is 28.2 Å². The summed E-state index contributed by atoms with van der Waals surface area (Å²) in [6.07, 6.45) is 6.12. The molecule has 0 amide bonds. The third-order valence-corrected chi connectivity index (χ3v) is 4.22. The van der Waals surface area contributed by atoms with Gasteiger partial charge in [-0.3, -0.25) is 4.98 Å². The maximum absolute atomic E-state index is 4.17. The Hall–Kier alpha value is -1.87. The predicted molar refractivity (Wildman–Crippen MR) is 87.6 cm³/mol. The largest absolute Gasteiger partial charge is 0.371 e. The minimum Gasteiger partial charge on any atom is -0.371 e. The van der Waals surface area contributed by atoms with Gasteiger partial charge in [0.25, 0.3) is 0 Å². The van der Waals surface area contributed by atoms with Crippen molar-refractivity contribution in [1.29, 1.82) is 0 Å². The third kappa shape index (κ3) is 3.42. The highest BCUT2D eigenvalue weighted by atomic mass is 15.1. The van der Waals surface area contributed by atoms with Crippen LogP contribution in [0.15, 0.2) is 48.8 Å². The Bertz CT molecular complexity index is 568. The molecule has 3 heteroatoms. The van der Waals surface area contributed by atoms with Crippen molar-refractivity contribution in [1.82, 2.24) is 10.3 Å². The molecule has 1 aliphatic rings. The van der Waals surface area contributed by atoms with E-state index < -0.39 is 0 Å². The van der Waals surface area contributed by atoms with Gasteiger partial charge in [-0.25, -0.2) is 0 Å². The highest BCUT2D eigenvalue weighted by Crippen LogP contribution is 2.27. The summed E-state index contributed by atoms with van der Waals surface area (Å²) in [6, 6.07) is 13.3. The number of hydrogen-bond donors (Lipinski definition) is 1. The molecule has 110 valence electrons. The molecule has 1 aromatic heterocycles. The van der Waals surface area contributed by atoms with E-state index in [1.165, 1.54) is 29.7 Å². The maximum atomic E-state index is 4.17. The monoisotopic (exact) mass is 281 g/mol. The molecule has 21 heavy (non-hydrogen) atoms. The minimum atomic E-state index is 0.365. The number of fused-ring (bicyclic) bond motifs is 1. The van der Waals surface area contributed by atoms with Crippen LogP contribution in [0.4, 0.5) is 5.69 Å². The number of benzene rings is 1. The lowest BCUT2D eigenvalue weighted by atomic mass is 10.1. The van der Waals surface area contributed by atoms with Crippen LogP contribution in [0.3, 0.4) is 0 Å². The summed E-state index contributed by atoms with van der Waals surface area (Å²) in [4.78, 5) is 6.68. The Morgan fingerprint density at radius 1 is 1.24 bits per heavy atom. The summed E-state index contributed by atoms with van der Waals surface area (Å²) in [7, 11) is 0. The SMILES string of the molecule is CC(NCCCN1CCc2ccccc21)c1cccnc1. The molecule has 1 N–H and O–H groups in total. The molecule has 3 nitrogen and oxygen atoms in total. The molecule has 1 aliphatic heterocycles. The van der Waals surface area contributed by atoms with Gasteiger partial charge >= 0.3 is 0 Å². The van der Waals surface area contributed by atoms with E-state index in [1.807, 2.05) is 18.5 Å². The zero-order chi connectivity index (χ0) is 14.5. The Morgan fingerprint density at radius 3 is 3.00 bits per heavy atom. The summed E-state index contributed by atoms with van der Waals surface area (Å²) in [6.45, 7) is 5.53. The molecule has 1 atom stereocenters. The van der Waals surface area contributed by atoms with Gasteiger partial charge in [0.05, 0.1) is 0 Å². The molecule has 1 aromatic carbocycles. The summed E-state index contributed by atoms with van der Waals surface area (Å²) in [5.74, 6) is 0. The standard InChI is InChI=1S/C18H23N3/c1-15(17-7-4-10-19-14-17)20-11-5-12-21-13-9-16-6-2-3-8-18(16)21/h2-4,6-8,10,14-15,20H,5,9,11-13H2,1H3. The van der Waals surface area contributed by atoms with Gasteiger partial charge in [-0.1, -0.05) is 24.3 Å². The Balaban J connectivity index is 1.43. The molecule has 0 saturated heterocycles. The molecule has 0 fully saturated rings. The average molecular weight is 281 g/mol. The molecule has 2 aromatic rings. The van der Waals surface area contributed by atoms with Crippen molar-refractivity contribution in [3.63, 3.8) is 0 Å². The van der Waals surface area contributed by atoms with Crippen LogP contribution in [0.25, 0.3) is 0 Å². The van der Waals surface area contributed by atoms with Gasteiger partial charge < -0.3 is 10.2 Å². The quantitative estimate of drug-likeness (QED) is 0.824. The maximum Gasteiger partial charge on any atom is 0.0399 e. The fourth-order valence-corrected chi connectivity index (χ4v) is 2.98. The Kier molecular flexibility index (Phi) is 4.51. The van der Waals surface area contributed by atoms with E-state index >= 15 is 0 Å². The van der Waals surface area contributed by atoms with Crippen LogP contribution < -0.4 is 10.2 Å². The van der Waals surface area contributed by atoms with Crippen LogP contribution in [0.1, 0.15) is 30.5 Å². The molecule has 0 aliphatic carbocycles. The fraction of sp³-hybridized carbons (Fsp3) is 0.389. The van der Waals surface area contributed by atoms with Gasteiger partial charge in [0.15, 0.2) is 0 Å². The molecule has 0 bridgehead atoms. The van der Waals surface area contributed by atoms with Gasteiger partial charge in [-0.2, -0.15) is 0 Å². The molecule has 2 heterocycles. The van der Waals surface area contributed by atoms with Gasteiger partial charge in [-0.15, -0.1) is 0 Å². The molecular formula is C18H23N3. The van der Waals surface area contributed by atoms with E-state index in [0.29, 0.717) is 6.04 Å². The van der Waals surface area contributed by atoms with Gasteiger partial charge in [-0.05, 0) is 49.6 Å². The van der Waals surface area contributed by atoms with Gasteiger partial charge in [0.1, 0.15) is 0 Å². The Labute approximate surface area is 127 Å². The fourth-order valence-electron chi connectivity index (χ4n) is 2.98. The van der Waals surface area contributed by atoms with E-state index in [0.717, 1.165) is 19.6 Å². The number of nitrogens with zero attached hydrogens (tertiary/aromatic N) is 2. The molecule has 1 unspecified atom stereocenters. The first-order valence-electron chi connectivity index (χ1n) is 7.81. The van der Waals surface area contributed by atoms with Crippen molar-refractivity contribution in [3.05, 3.63) is 59.9 Å². The predicted octanol–water partition coefficient (Wildman–Crippen LogP) is 3.19. The lowest BCUT2D eigenvalue weighted by Gasteiger charge is -2.20. The molecular weight excluding hydrogens is 258 g/mol. The number of aromatic nitrogens is 1. The van der Waals surface area contributed by atoms with Gasteiger partial charge in [0, 0.05) is 37.2 Å². The summed E-state index contributed by atoms with van der Waals surface area (Å²) in [5.41, 5.74) is 4.18. The zero-order valence-corrected chi connectivity index (χ0v) is 12.6. The van der Waals surface area contributed by atoms with E-state index in [4.69, 9.17) is 0 Å². The summed E-state index contributed by atoms with van der Waals surface area (Å²) >= 11 is 0. The second-order valence-corrected chi connectivity index (χ2v) is 5.68. The average Bonchev–Trinajstić information content (AvgIpc) is 2.95. The lowest BCUT2D eigenvalue weighted by molar-refractivity contribution is 0.554.